The van der Waals surface area contributed by atoms with Crippen molar-refractivity contribution in [1.29, 1.82) is 0 Å². The molecule has 21 heavy (non-hydrogen) atoms. The van der Waals surface area contributed by atoms with Crippen LogP contribution < -0.4 is 5.32 Å². The van der Waals surface area contributed by atoms with Gasteiger partial charge in [0.2, 0.25) is 0 Å². The zero-order chi connectivity index (χ0) is 16.0. The van der Waals surface area contributed by atoms with E-state index in [1.54, 1.807) is 12.1 Å². The highest BCUT2D eigenvalue weighted by Crippen LogP contribution is 2.22. The van der Waals surface area contributed by atoms with E-state index in [-0.39, 0.29) is 11.5 Å². The van der Waals surface area contributed by atoms with Gasteiger partial charge in [-0.2, -0.15) is 0 Å². The SMILES string of the molecule is CCCNC(CN(C)CC(C)(C)C)c1cccc(F)c1F. The Morgan fingerprint density at radius 3 is 2.48 bits per heavy atom. The zero-order valence-electron chi connectivity index (χ0n) is 13.8. The second kappa shape index (κ2) is 7.85. The van der Waals surface area contributed by atoms with E-state index in [2.05, 4.69) is 37.9 Å². The van der Waals surface area contributed by atoms with Gasteiger partial charge in [0.1, 0.15) is 0 Å². The minimum absolute atomic E-state index is 0.171. The number of hydrogen-bond acceptors (Lipinski definition) is 2. The molecule has 0 spiro atoms. The highest BCUT2D eigenvalue weighted by atomic mass is 19.2. The van der Waals surface area contributed by atoms with Crippen molar-refractivity contribution in [2.45, 2.75) is 40.2 Å². The summed E-state index contributed by atoms with van der Waals surface area (Å²) in [6.45, 7) is 10.9. The van der Waals surface area contributed by atoms with Crippen molar-refractivity contribution in [2.24, 2.45) is 5.41 Å². The third-order valence-electron chi connectivity index (χ3n) is 3.24. The summed E-state index contributed by atoms with van der Waals surface area (Å²) in [4.78, 5) is 2.16. The van der Waals surface area contributed by atoms with Crippen molar-refractivity contribution in [3.63, 3.8) is 0 Å². The maximum atomic E-state index is 14.0. The molecule has 0 heterocycles. The van der Waals surface area contributed by atoms with E-state index in [4.69, 9.17) is 0 Å². The quantitative estimate of drug-likeness (QED) is 0.819. The molecule has 1 aromatic rings. The predicted octanol–water partition coefficient (Wildman–Crippen LogP) is 3.98. The van der Waals surface area contributed by atoms with Crippen LogP contribution in [0.2, 0.25) is 0 Å². The van der Waals surface area contributed by atoms with E-state index >= 15 is 0 Å². The largest absolute Gasteiger partial charge is 0.309 e. The summed E-state index contributed by atoms with van der Waals surface area (Å²) in [6.07, 6.45) is 0.955. The minimum Gasteiger partial charge on any atom is -0.309 e. The van der Waals surface area contributed by atoms with Gasteiger partial charge in [-0.1, -0.05) is 39.8 Å². The fourth-order valence-corrected chi connectivity index (χ4v) is 2.57. The molecule has 0 radical (unpaired) electrons. The van der Waals surface area contributed by atoms with Gasteiger partial charge in [-0.3, -0.25) is 0 Å². The van der Waals surface area contributed by atoms with Crippen molar-refractivity contribution < 1.29 is 8.78 Å². The fraction of sp³-hybridized carbons (Fsp3) is 0.647. The van der Waals surface area contributed by atoms with Crippen molar-refractivity contribution in [3.05, 3.63) is 35.4 Å². The molecule has 1 N–H and O–H groups in total. The van der Waals surface area contributed by atoms with Crippen LogP contribution in [0.3, 0.4) is 0 Å². The van der Waals surface area contributed by atoms with Gasteiger partial charge in [0.25, 0.3) is 0 Å². The molecule has 120 valence electrons. The predicted molar refractivity (Wildman–Crippen MR) is 84.3 cm³/mol. The van der Waals surface area contributed by atoms with Gasteiger partial charge in [-0.15, -0.1) is 0 Å². The van der Waals surface area contributed by atoms with Crippen molar-refractivity contribution in [1.82, 2.24) is 10.2 Å². The molecule has 1 aromatic carbocycles. The van der Waals surface area contributed by atoms with Crippen LogP contribution in [0.4, 0.5) is 8.78 Å². The molecule has 0 aromatic heterocycles. The van der Waals surface area contributed by atoms with E-state index in [1.807, 2.05) is 7.05 Å². The topological polar surface area (TPSA) is 15.3 Å². The molecule has 2 nitrogen and oxygen atoms in total. The smallest absolute Gasteiger partial charge is 0.163 e. The normalized spacial score (nSPS) is 13.7. The van der Waals surface area contributed by atoms with Crippen LogP contribution in [0.1, 0.15) is 45.7 Å². The number of nitrogens with zero attached hydrogens (tertiary/aromatic N) is 1. The lowest BCUT2D eigenvalue weighted by Crippen LogP contribution is -2.37. The molecule has 0 aliphatic carbocycles. The standard InChI is InChI=1S/C17H28F2N2/c1-6-10-20-15(11-21(5)12-17(2,3)4)13-8-7-9-14(18)16(13)19/h7-9,15,20H,6,10-12H2,1-5H3. The highest BCUT2D eigenvalue weighted by Gasteiger charge is 2.21. The van der Waals surface area contributed by atoms with Gasteiger partial charge in [0.05, 0.1) is 0 Å². The van der Waals surface area contributed by atoms with Gasteiger partial charge < -0.3 is 10.2 Å². The molecule has 0 aliphatic rings. The number of halogens is 2. The zero-order valence-corrected chi connectivity index (χ0v) is 13.8. The first-order chi connectivity index (χ1) is 9.74. The van der Waals surface area contributed by atoms with Crippen LogP contribution in [-0.4, -0.2) is 31.6 Å². The monoisotopic (exact) mass is 298 g/mol. The summed E-state index contributed by atoms with van der Waals surface area (Å²) in [7, 11) is 2.02. The van der Waals surface area contributed by atoms with Crippen LogP contribution in [0.5, 0.6) is 0 Å². The molecule has 0 fully saturated rings. The first kappa shape index (κ1) is 18.1. The Morgan fingerprint density at radius 1 is 1.24 bits per heavy atom. The van der Waals surface area contributed by atoms with Gasteiger partial charge in [0, 0.05) is 24.7 Å². The van der Waals surface area contributed by atoms with Gasteiger partial charge in [-0.05, 0) is 31.5 Å². The summed E-state index contributed by atoms with van der Waals surface area (Å²) >= 11 is 0. The van der Waals surface area contributed by atoms with Gasteiger partial charge in [-0.25, -0.2) is 8.78 Å². The number of likely N-dealkylation sites (N-methyl/N-ethyl adjacent to an activating group) is 1. The van der Waals surface area contributed by atoms with Gasteiger partial charge >= 0.3 is 0 Å². The Kier molecular flexibility index (Phi) is 6.75. The molecule has 0 amide bonds. The highest BCUT2D eigenvalue weighted by molar-refractivity contribution is 5.23. The van der Waals surface area contributed by atoms with E-state index in [0.29, 0.717) is 12.1 Å². The summed E-state index contributed by atoms with van der Waals surface area (Å²) in [6, 6.07) is 4.19. The lowest BCUT2D eigenvalue weighted by molar-refractivity contribution is 0.206. The Bertz CT molecular complexity index is 441. The first-order valence-electron chi connectivity index (χ1n) is 7.60. The molecule has 1 unspecified atom stereocenters. The summed E-state index contributed by atoms with van der Waals surface area (Å²) in [5.74, 6) is -1.52. The molecular formula is C17H28F2N2. The Labute approximate surface area is 127 Å². The van der Waals surface area contributed by atoms with E-state index in [9.17, 15) is 8.78 Å². The third kappa shape index (κ3) is 6.10. The maximum absolute atomic E-state index is 14.0. The van der Waals surface area contributed by atoms with Crippen LogP contribution in [-0.2, 0) is 0 Å². The number of rotatable bonds is 7. The average Bonchev–Trinajstić information content (AvgIpc) is 2.36. The first-order valence-corrected chi connectivity index (χ1v) is 7.60. The molecule has 1 rings (SSSR count). The minimum atomic E-state index is -0.783. The summed E-state index contributed by atoms with van der Waals surface area (Å²) < 4.78 is 27.5. The molecular weight excluding hydrogens is 270 g/mol. The molecule has 4 heteroatoms. The maximum Gasteiger partial charge on any atom is 0.163 e. The lowest BCUT2D eigenvalue weighted by Gasteiger charge is -2.30. The molecule has 0 saturated heterocycles. The second-order valence-electron chi connectivity index (χ2n) is 6.91. The molecule has 1 atom stereocenters. The Hall–Kier alpha value is -1.00. The third-order valence-corrected chi connectivity index (χ3v) is 3.24. The summed E-state index contributed by atoms with van der Waals surface area (Å²) in [5, 5.41) is 3.32. The number of nitrogens with one attached hydrogen (secondary N) is 1. The molecule has 0 bridgehead atoms. The van der Waals surface area contributed by atoms with Crippen LogP contribution in [0.25, 0.3) is 0 Å². The fourth-order valence-electron chi connectivity index (χ4n) is 2.57. The van der Waals surface area contributed by atoms with E-state index in [1.165, 1.54) is 0 Å². The van der Waals surface area contributed by atoms with E-state index in [0.717, 1.165) is 25.6 Å². The Morgan fingerprint density at radius 2 is 1.90 bits per heavy atom. The van der Waals surface area contributed by atoms with E-state index < -0.39 is 11.6 Å². The van der Waals surface area contributed by atoms with Crippen LogP contribution in [0.15, 0.2) is 18.2 Å². The summed E-state index contributed by atoms with van der Waals surface area (Å²) in [5.41, 5.74) is 0.578. The average molecular weight is 298 g/mol. The van der Waals surface area contributed by atoms with Crippen LogP contribution >= 0.6 is 0 Å². The van der Waals surface area contributed by atoms with Crippen molar-refractivity contribution >= 4 is 0 Å². The lowest BCUT2D eigenvalue weighted by atomic mass is 9.95. The van der Waals surface area contributed by atoms with Crippen molar-refractivity contribution in [2.75, 3.05) is 26.7 Å². The van der Waals surface area contributed by atoms with Crippen molar-refractivity contribution in [3.8, 4) is 0 Å². The Balaban J connectivity index is 2.87. The second-order valence-corrected chi connectivity index (χ2v) is 6.91. The van der Waals surface area contributed by atoms with Crippen LogP contribution in [0, 0.1) is 17.0 Å². The molecule has 0 aliphatic heterocycles. The number of benzene rings is 1. The molecule has 0 saturated carbocycles. The number of hydrogen-bond donors (Lipinski definition) is 1. The van der Waals surface area contributed by atoms with Gasteiger partial charge in [0.15, 0.2) is 11.6 Å².